The Balaban J connectivity index is 2.75. The fraction of sp³-hybridized carbons (Fsp3) is 0.214. The Morgan fingerprint density at radius 3 is 2.79 bits per heavy atom. The highest BCUT2D eigenvalue weighted by atomic mass is 16.6. The second-order valence-corrected chi connectivity index (χ2v) is 3.77. The number of nitro groups is 1. The van der Waals surface area contributed by atoms with Crippen molar-refractivity contribution < 1.29 is 14.5 Å². The molecule has 0 saturated carbocycles. The SMILES string of the molecule is CCOC(=O)C=CC=Cc1ccc(C)c([N+](=O)[O-])c1. The van der Waals surface area contributed by atoms with E-state index in [1.165, 1.54) is 18.2 Å². The van der Waals surface area contributed by atoms with Crippen LogP contribution in [0.4, 0.5) is 5.69 Å². The third kappa shape index (κ3) is 4.75. The number of allylic oxidation sites excluding steroid dienone is 2. The van der Waals surface area contributed by atoms with Gasteiger partial charge in [-0.25, -0.2) is 4.79 Å². The molecule has 0 heterocycles. The summed E-state index contributed by atoms with van der Waals surface area (Å²) < 4.78 is 4.71. The number of nitro benzene ring substituents is 1. The normalized spacial score (nSPS) is 11.1. The zero-order chi connectivity index (χ0) is 14.3. The third-order valence-corrected chi connectivity index (χ3v) is 2.35. The number of ether oxygens (including phenoxy) is 1. The van der Waals surface area contributed by atoms with Gasteiger partial charge in [0.15, 0.2) is 0 Å². The summed E-state index contributed by atoms with van der Waals surface area (Å²) in [6, 6.07) is 4.95. The molecule has 0 spiro atoms. The number of rotatable bonds is 5. The van der Waals surface area contributed by atoms with Crippen molar-refractivity contribution in [2.45, 2.75) is 13.8 Å². The number of carbonyl (C=O) groups is 1. The lowest BCUT2D eigenvalue weighted by molar-refractivity contribution is -0.385. The summed E-state index contributed by atoms with van der Waals surface area (Å²) in [6.45, 7) is 3.75. The number of aryl methyl sites for hydroxylation is 1. The van der Waals surface area contributed by atoms with Crippen molar-refractivity contribution in [1.82, 2.24) is 0 Å². The fourth-order valence-corrected chi connectivity index (χ4v) is 1.42. The van der Waals surface area contributed by atoms with Gasteiger partial charge in [-0.2, -0.15) is 0 Å². The standard InChI is InChI=1S/C14H15NO4/c1-3-19-14(16)7-5-4-6-12-9-8-11(2)13(10-12)15(17)18/h4-10H,3H2,1-2H3. The summed E-state index contributed by atoms with van der Waals surface area (Å²) >= 11 is 0. The monoisotopic (exact) mass is 261 g/mol. The van der Waals surface area contributed by atoms with E-state index in [9.17, 15) is 14.9 Å². The van der Waals surface area contributed by atoms with Crippen LogP contribution in [-0.2, 0) is 9.53 Å². The van der Waals surface area contributed by atoms with Gasteiger partial charge >= 0.3 is 5.97 Å². The van der Waals surface area contributed by atoms with Crippen LogP contribution in [0.5, 0.6) is 0 Å². The molecule has 0 saturated heterocycles. The molecule has 0 aliphatic carbocycles. The summed E-state index contributed by atoms with van der Waals surface area (Å²) in [5.74, 6) is -0.415. The van der Waals surface area contributed by atoms with Gasteiger partial charge in [0.25, 0.3) is 5.69 Å². The van der Waals surface area contributed by atoms with Crippen LogP contribution in [0.15, 0.2) is 36.4 Å². The second kappa shape index (κ2) is 7.10. The van der Waals surface area contributed by atoms with Crippen molar-refractivity contribution >= 4 is 17.7 Å². The van der Waals surface area contributed by atoms with Crippen LogP contribution in [0.3, 0.4) is 0 Å². The number of hydrogen-bond donors (Lipinski definition) is 0. The van der Waals surface area contributed by atoms with Crippen LogP contribution in [-0.4, -0.2) is 17.5 Å². The highest BCUT2D eigenvalue weighted by molar-refractivity contribution is 5.82. The van der Waals surface area contributed by atoms with Gasteiger partial charge in [-0.15, -0.1) is 0 Å². The molecular weight excluding hydrogens is 246 g/mol. The largest absolute Gasteiger partial charge is 0.463 e. The second-order valence-electron chi connectivity index (χ2n) is 3.77. The van der Waals surface area contributed by atoms with E-state index in [0.29, 0.717) is 17.7 Å². The van der Waals surface area contributed by atoms with Crippen LogP contribution in [0.2, 0.25) is 0 Å². The van der Waals surface area contributed by atoms with Crippen LogP contribution in [0, 0.1) is 17.0 Å². The lowest BCUT2D eigenvalue weighted by Crippen LogP contribution is -1.98. The highest BCUT2D eigenvalue weighted by Crippen LogP contribution is 2.19. The lowest BCUT2D eigenvalue weighted by atomic mass is 10.1. The summed E-state index contributed by atoms with van der Waals surface area (Å²) in [4.78, 5) is 21.4. The third-order valence-electron chi connectivity index (χ3n) is 2.35. The Bertz CT molecular complexity index is 532. The number of hydrogen-bond acceptors (Lipinski definition) is 4. The first-order chi connectivity index (χ1) is 9.04. The Morgan fingerprint density at radius 1 is 1.42 bits per heavy atom. The molecule has 0 aromatic heterocycles. The van der Waals surface area contributed by atoms with Gasteiger partial charge < -0.3 is 4.74 Å². The van der Waals surface area contributed by atoms with Crippen LogP contribution < -0.4 is 0 Å². The predicted octanol–water partition coefficient (Wildman–Crippen LogP) is 3.04. The minimum absolute atomic E-state index is 0.0801. The molecule has 0 radical (unpaired) electrons. The van der Waals surface area contributed by atoms with Gasteiger partial charge in [-0.1, -0.05) is 30.4 Å². The van der Waals surface area contributed by atoms with Gasteiger partial charge in [0.2, 0.25) is 0 Å². The van der Waals surface area contributed by atoms with E-state index in [4.69, 9.17) is 4.74 Å². The van der Waals surface area contributed by atoms with Crippen molar-refractivity contribution in [3.63, 3.8) is 0 Å². The Kier molecular flexibility index (Phi) is 5.47. The van der Waals surface area contributed by atoms with E-state index in [-0.39, 0.29) is 5.69 Å². The summed E-state index contributed by atoms with van der Waals surface area (Å²) in [7, 11) is 0. The molecule has 19 heavy (non-hydrogen) atoms. The predicted molar refractivity (Wildman–Crippen MR) is 72.6 cm³/mol. The molecule has 1 aromatic rings. The van der Waals surface area contributed by atoms with Gasteiger partial charge in [0.05, 0.1) is 11.5 Å². The average molecular weight is 261 g/mol. The van der Waals surface area contributed by atoms with E-state index in [1.54, 1.807) is 38.1 Å². The van der Waals surface area contributed by atoms with Crippen LogP contribution in [0.25, 0.3) is 6.08 Å². The topological polar surface area (TPSA) is 69.4 Å². The number of benzene rings is 1. The van der Waals surface area contributed by atoms with Gasteiger partial charge in [0.1, 0.15) is 0 Å². The number of esters is 1. The van der Waals surface area contributed by atoms with Gasteiger partial charge in [0, 0.05) is 17.7 Å². The molecule has 1 aromatic carbocycles. The zero-order valence-electron chi connectivity index (χ0n) is 10.8. The lowest BCUT2D eigenvalue weighted by Gasteiger charge is -1.98. The van der Waals surface area contributed by atoms with Crippen molar-refractivity contribution in [2.75, 3.05) is 6.61 Å². The molecule has 0 aliphatic rings. The maximum atomic E-state index is 11.0. The highest BCUT2D eigenvalue weighted by Gasteiger charge is 2.09. The van der Waals surface area contributed by atoms with E-state index < -0.39 is 10.9 Å². The molecule has 100 valence electrons. The maximum Gasteiger partial charge on any atom is 0.330 e. The first kappa shape index (κ1) is 14.6. The summed E-state index contributed by atoms with van der Waals surface area (Å²) in [5.41, 5.74) is 1.39. The number of nitrogens with zero attached hydrogens (tertiary/aromatic N) is 1. The Labute approximate surface area is 111 Å². The fourth-order valence-electron chi connectivity index (χ4n) is 1.42. The minimum Gasteiger partial charge on any atom is -0.463 e. The zero-order valence-corrected chi connectivity index (χ0v) is 10.8. The van der Waals surface area contributed by atoms with E-state index in [2.05, 4.69) is 0 Å². The average Bonchev–Trinajstić information content (AvgIpc) is 2.36. The minimum atomic E-state index is -0.416. The van der Waals surface area contributed by atoms with E-state index in [1.807, 2.05) is 0 Å². The first-order valence-electron chi connectivity index (χ1n) is 5.81. The van der Waals surface area contributed by atoms with Crippen molar-refractivity contribution in [2.24, 2.45) is 0 Å². The molecule has 0 N–H and O–H groups in total. The van der Waals surface area contributed by atoms with Crippen molar-refractivity contribution in [3.8, 4) is 0 Å². The van der Waals surface area contributed by atoms with Crippen molar-refractivity contribution in [3.05, 3.63) is 57.7 Å². The Hall–Kier alpha value is -2.43. The Morgan fingerprint density at radius 2 is 2.16 bits per heavy atom. The van der Waals surface area contributed by atoms with Gasteiger partial charge in [-0.3, -0.25) is 10.1 Å². The molecular formula is C14H15NO4. The first-order valence-corrected chi connectivity index (χ1v) is 5.81. The molecule has 5 heteroatoms. The summed E-state index contributed by atoms with van der Waals surface area (Å²) in [5, 5.41) is 10.8. The van der Waals surface area contributed by atoms with Crippen molar-refractivity contribution in [1.29, 1.82) is 0 Å². The molecule has 0 aliphatic heterocycles. The van der Waals surface area contributed by atoms with E-state index >= 15 is 0 Å². The van der Waals surface area contributed by atoms with Crippen LogP contribution >= 0.6 is 0 Å². The smallest absolute Gasteiger partial charge is 0.330 e. The molecule has 0 bridgehead atoms. The maximum absolute atomic E-state index is 11.0. The molecule has 1 rings (SSSR count). The van der Waals surface area contributed by atoms with E-state index in [0.717, 1.165) is 0 Å². The molecule has 0 fully saturated rings. The molecule has 0 amide bonds. The summed E-state index contributed by atoms with van der Waals surface area (Å²) in [6.07, 6.45) is 6.14. The quantitative estimate of drug-likeness (QED) is 0.268. The van der Waals surface area contributed by atoms with Crippen LogP contribution in [0.1, 0.15) is 18.1 Å². The van der Waals surface area contributed by atoms with Gasteiger partial charge in [-0.05, 0) is 19.4 Å². The molecule has 5 nitrogen and oxygen atoms in total. The molecule has 0 unspecified atom stereocenters. The number of carbonyl (C=O) groups excluding carboxylic acids is 1. The molecule has 0 atom stereocenters.